The quantitative estimate of drug-likeness (QED) is 0.672. The second-order valence-electron chi connectivity index (χ2n) is 7.72. The number of benzene rings is 2. The van der Waals surface area contributed by atoms with Crippen LogP contribution in [0.5, 0.6) is 0 Å². The van der Waals surface area contributed by atoms with Crippen molar-refractivity contribution in [3.63, 3.8) is 0 Å². The number of halogens is 1. The van der Waals surface area contributed by atoms with Crippen LogP contribution < -0.4 is 5.32 Å². The van der Waals surface area contributed by atoms with Gasteiger partial charge in [-0.3, -0.25) is 9.59 Å². The predicted molar refractivity (Wildman–Crippen MR) is 107 cm³/mol. The molecule has 0 bridgehead atoms. The summed E-state index contributed by atoms with van der Waals surface area (Å²) >= 11 is 0. The molecule has 142 valence electrons. The maximum absolute atomic E-state index is 13.8. The van der Waals surface area contributed by atoms with Gasteiger partial charge in [-0.25, -0.2) is 4.39 Å². The highest BCUT2D eigenvalue weighted by Crippen LogP contribution is 2.41. The fourth-order valence-electron chi connectivity index (χ4n) is 4.11. The topological polar surface area (TPSA) is 62.0 Å². The Morgan fingerprint density at radius 3 is 2.50 bits per heavy atom. The van der Waals surface area contributed by atoms with E-state index in [1.165, 1.54) is 12.1 Å². The molecule has 1 atom stereocenters. The van der Waals surface area contributed by atoms with E-state index in [0.717, 1.165) is 34.0 Å². The van der Waals surface area contributed by atoms with E-state index in [1.54, 1.807) is 6.07 Å². The molecule has 1 unspecified atom stereocenters. The molecule has 1 amide bonds. The first-order valence-corrected chi connectivity index (χ1v) is 9.18. The van der Waals surface area contributed by atoms with E-state index in [9.17, 15) is 14.0 Å². The highest BCUT2D eigenvalue weighted by molar-refractivity contribution is 6.06. The van der Waals surface area contributed by atoms with Crippen LogP contribution in [0.1, 0.15) is 36.6 Å². The second-order valence-corrected chi connectivity index (χ2v) is 7.72. The monoisotopic (exact) mass is 376 g/mol. The van der Waals surface area contributed by atoms with Crippen LogP contribution in [0.15, 0.2) is 59.7 Å². The third-order valence-corrected chi connectivity index (χ3v) is 5.52. The number of carbonyl (C=O) groups is 2. The lowest BCUT2D eigenvalue weighted by molar-refractivity contribution is -0.117. The van der Waals surface area contributed by atoms with Crippen LogP contribution in [0, 0.1) is 12.7 Å². The van der Waals surface area contributed by atoms with E-state index in [2.05, 4.69) is 10.3 Å². The fraction of sp³-hybridized carbons (Fsp3) is 0.217. The summed E-state index contributed by atoms with van der Waals surface area (Å²) < 4.78 is 13.8. The zero-order valence-corrected chi connectivity index (χ0v) is 16.0. The minimum absolute atomic E-state index is 0.259. The molecular formula is C23H21FN2O2. The molecule has 0 radical (unpaired) electrons. The van der Waals surface area contributed by atoms with Crippen molar-refractivity contribution in [2.45, 2.75) is 32.2 Å². The van der Waals surface area contributed by atoms with Crippen molar-refractivity contribution in [1.82, 2.24) is 10.3 Å². The molecule has 2 heterocycles. The molecule has 4 nitrogen and oxygen atoms in total. The molecule has 0 fully saturated rings. The van der Waals surface area contributed by atoms with Gasteiger partial charge in [0.15, 0.2) is 0 Å². The molecule has 1 aliphatic rings. The summed E-state index contributed by atoms with van der Waals surface area (Å²) in [7, 11) is 0. The van der Waals surface area contributed by atoms with Gasteiger partial charge in [0, 0.05) is 27.7 Å². The molecule has 28 heavy (non-hydrogen) atoms. The van der Waals surface area contributed by atoms with E-state index in [1.807, 2.05) is 51.1 Å². The van der Waals surface area contributed by atoms with Crippen LogP contribution in [0.4, 0.5) is 4.39 Å². The van der Waals surface area contributed by atoms with E-state index >= 15 is 0 Å². The number of H-pyrrole nitrogens is 1. The maximum Gasteiger partial charge on any atom is 0.249 e. The Morgan fingerprint density at radius 1 is 1.11 bits per heavy atom. The molecule has 1 aliphatic heterocycles. The third-order valence-electron chi connectivity index (χ3n) is 5.52. The molecule has 0 saturated heterocycles. The van der Waals surface area contributed by atoms with Gasteiger partial charge in [-0.15, -0.1) is 0 Å². The van der Waals surface area contributed by atoms with Gasteiger partial charge in [-0.1, -0.05) is 30.3 Å². The Labute approximate surface area is 162 Å². The molecule has 1 aromatic heterocycles. The van der Waals surface area contributed by atoms with Crippen molar-refractivity contribution in [1.29, 1.82) is 0 Å². The molecule has 2 aromatic carbocycles. The summed E-state index contributed by atoms with van der Waals surface area (Å²) in [5.74, 6) is -1.03. The fourth-order valence-corrected chi connectivity index (χ4v) is 4.11. The van der Waals surface area contributed by atoms with Gasteiger partial charge < -0.3 is 10.3 Å². The first-order valence-electron chi connectivity index (χ1n) is 9.18. The van der Waals surface area contributed by atoms with Crippen molar-refractivity contribution >= 4 is 23.1 Å². The van der Waals surface area contributed by atoms with Crippen LogP contribution >= 0.6 is 0 Å². The highest BCUT2D eigenvalue weighted by Gasteiger charge is 2.42. The number of aromatic amines is 1. The molecule has 5 heteroatoms. The van der Waals surface area contributed by atoms with Gasteiger partial charge in [0.25, 0.3) is 0 Å². The summed E-state index contributed by atoms with van der Waals surface area (Å²) in [6.07, 6.45) is 0.765. The van der Waals surface area contributed by atoms with Crippen molar-refractivity contribution < 1.29 is 14.0 Å². The summed E-state index contributed by atoms with van der Waals surface area (Å²) in [4.78, 5) is 28.2. The number of aldehydes is 1. The summed E-state index contributed by atoms with van der Waals surface area (Å²) in [6, 6.07) is 14.2. The van der Waals surface area contributed by atoms with E-state index in [-0.39, 0.29) is 11.7 Å². The molecule has 0 aliphatic carbocycles. The first-order chi connectivity index (χ1) is 13.3. The lowest BCUT2D eigenvalue weighted by Crippen LogP contribution is -2.38. The number of aromatic nitrogens is 1. The third kappa shape index (κ3) is 2.74. The zero-order chi connectivity index (χ0) is 20.1. The Bertz CT molecular complexity index is 1130. The van der Waals surface area contributed by atoms with E-state index < -0.39 is 11.5 Å². The van der Waals surface area contributed by atoms with Crippen molar-refractivity contribution in [3.05, 3.63) is 82.3 Å². The maximum atomic E-state index is 13.8. The van der Waals surface area contributed by atoms with Gasteiger partial charge in [0.05, 0.1) is 11.5 Å². The number of fused-ring (bicyclic) bond motifs is 1. The average molecular weight is 376 g/mol. The molecule has 4 rings (SSSR count). The van der Waals surface area contributed by atoms with Crippen molar-refractivity contribution in [3.8, 4) is 0 Å². The molecule has 0 saturated carbocycles. The Kier molecular flexibility index (Phi) is 4.18. The molecular weight excluding hydrogens is 355 g/mol. The van der Waals surface area contributed by atoms with Gasteiger partial charge in [-0.2, -0.15) is 0 Å². The van der Waals surface area contributed by atoms with Gasteiger partial charge in [-0.05, 0) is 50.1 Å². The lowest BCUT2D eigenvalue weighted by atomic mass is 9.82. The smallest absolute Gasteiger partial charge is 0.249 e. The minimum Gasteiger partial charge on any atom is -0.357 e. The minimum atomic E-state index is -0.743. The molecule has 3 aromatic rings. The van der Waals surface area contributed by atoms with Gasteiger partial charge >= 0.3 is 0 Å². The summed E-state index contributed by atoms with van der Waals surface area (Å²) in [5, 5.41) is 3.67. The lowest BCUT2D eigenvalue weighted by Gasteiger charge is -2.20. The average Bonchev–Trinajstić information content (AvgIpc) is 3.09. The SMILES string of the molecule is Cc1c(C(C2=C(C=O)C(C)(C)NC2=O)c2ccccc2)[nH]c2ccc(F)cc12. The van der Waals surface area contributed by atoms with Crippen LogP contribution in [0.25, 0.3) is 10.9 Å². The zero-order valence-electron chi connectivity index (χ0n) is 16.0. The Hall–Kier alpha value is -3.21. The normalized spacial score (nSPS) is 17.1. The van der Waals surface area contributed by atoms with E-state index in [4.69, 9.17) is 0 Å². The van der Waals surface area contributed by atoms with Crippen molar-refractivity contribution in [2.24, 2.45) is 0 Å². The van der Waals surface area contributed by atoms with Crippen molar-refractivity contribution in [2.75, 3.05) is 0 Å². The number of hydrogen-bond acceptors (Lipinski definition) is 2. The summed E-state index contributed by atoms with van der Waals surface area (Å²) in [5.41, 5.74) is 3.46. The van der Waals surface area contributed by atoms with Crippen LogP contribution in [0.3, 0.4) is 0 Å². The number of carbonyl (C=O) groups excluding carboxylic acids is 2. The number of aryl methyl sites for hydroxylation is 1. The van der Waals surface area contributed by atoms with Crippen LogP contribution in [-0.4, -0.2) is 22.7 Å². The predicted octanol–water partition coefficient (Wildman–Crippen LogP) is 4.15. The highest BCUT2D eigenvalue weighted by atomic mass is 19.1. The number of hydrogen-bond donors (Lipinski definition) is 2. The number of rotatable bonds is 4. The number of nitrogens with one attached hydrogen (secondary N) is 2. The Balaban J connectivity index is 2.03. The second kappa shape index (κ2) is 6.44. The Morgan fingerprint density at radius 2 is 1.82 bits per heavy atom. The molecule has 2 N–H and O–H groups in total. The molecule has 0 spiro atoms. The first kappa shape index (κ1) is 18.2. The largest absolute Gasteiger partial charge is 0.357 e. The van der Waals surface area contributed by atoms with Crippen LogP contribution in [0.2, 0.25) is 0 Å². The number of amides is 1. The van der Waals surface area contributed by atoms with Gasteiger partial charge in [0.1, 0.15) is 12.1 Å². The van der Waals surface area contributed by atoms with Gasteiger partial charge in [0.2, 0.25) is 5.91 Å². The van der Waals surface area contributed by atoms with Crippen LogP contribution in [-0.2, 0) is 9.59 Å². The van der Waals surface area contributed by atoms with E-state index in [0.29, 0.717) is 11.1 Å². The standard InChI is InChI=1S/C23H21FN2O2/c1-13-16-11-15(24)9-10-18(16)25-21(13)19(14-7-5-4-6-8-14)20-17(12-27)23(2,3)26-22(20)28/h4-12,19,25H,1-3H3,(H,26,28). The summed E-state index contributed by atoms with van der Waals surface area (Å²) in [6.45, 7) is 5.54.